The summed E-state index contributed by atoms with van der Waals surface area (Å²) >= 11 is 0. The molecule has 3 aliphatic heterocycles. The Morgan fingerprint density at radius 3 is 2.90 bits per heavy atom. The van der Waals surface area contributed by atoms with Crippen LogP contribution in [-0.2, 0) is 14.3 Å². The van der Waals surface area contributed by atoms with Gasteiger partial charge in [-0.3, -0.25) is 9.69 Å². The molecule has 1 spiro atoms. The summed E-state index contributed by atoms with van der Waals surface area (Å²) in [6, 6.07) is 6.23. The molecule has 5 aliphatic rings. The minimum absolute atomic E-state index is 0.00268. The number of nitrogens with one attached hydrogen (secondary N) is 2. The zero-order valence-electron chi connectivity index (χ0n) is 18.2. The molecular weight excluding hydrogens is 378 g/mol. The average Bonchev–Trinajstić information content (AvgIpc) is 3.44. The van der Waals surface area contributed by atoms with Gasteiger partial charge >= 0.3 is 5.97 Å². The second kappa shape index (κ2) is 6.67. The topological polar surface area (TPSA) is 60.7 Å². The van der Waals surface area contributed by atoms with Gasteiger partial charge in [0.25, 0.3) is 5.82 Å². The van der Waals surface area contributed by atoms with Gasteiger partial charge in [-0.2, -0.15) is 0 Å². The van der Waals surface area contributed by atoms with Gasteiger partial charge in [-0.15, -0.1) is 0 Å². The van der Waals surface area contributed by atoms with Gasteiger partial charge < -0.3 is 14.4 Å². The van der Waals surface area contributed by atoms with Gasteiger partial charge in [-0.05, 0) is 31.2 Å². The number of esters is 1. The number of rotatable bonds is 3. The molecule has 4 heterocycles. The lowest BCUT2D eigenvalue weighted by molar-refractivity contribution is -0.903. The highest BCUT2D eigenvalue weighted by Crippen LogP contribution is 2.70. The highest BCUT2D eigenvalue weighted by Gasteiger charge is 2.78. The first kappa shape index (κ1) is 19.1. The van der Waals surface area contributed by atoms with Crippen molar-refractivity contribution in [2.75, 3.05) is 37.6 Å². The number of pyridine rings is 1. The van der Waals surface area contributed by atoms with Crippen molar-refractivity contribution in [3.63, 3.8) is 0 Å². The number of H-pyrrole nitrogens is 1. The maximum atomic E-state index is 12.9. The predicted octanol–water partition coefficient (Wildman–Crippen LogP) is 0.731. The summed E-state index contributed by atoms with van der Waals surface area (Å²) in [4.78, 5) is 20.2. The quantitative estimate of drug-likeness (QED) is 0.586. The molecule has 0 amide bonds. The third-order valence-corrected chi connectivity index (χ3v) is 9.21. The largest absolute Gasteiger partial charge is 0.462 e. The number of piperazine rings is 1. The Hall–Kier alpha value is -1.66. The zero-order chi connectivity index (χ0) is 20.5. The molecular formula is C24H35N3O3+2. The van der Waals surface area contributed by atoms with E-state index in [0.29, 0.717) is 5.92 Å². The minimum Gasteiger partial charge on any atom is -0.462 e. The maximum Gasteiger partial charge on any atom is 0.315 e. The third-order valence-electron chi connectivity index (χ3n) is 9.21. The first-order chi connectivity index (χ1) is 14.5. The van der Waals surface area contributed by atoms with Crippen molar-refractivity contribution in [1.82, 2.24) is 0 Å². The standard InChI is InChI=1S/C24H33N3O3/c1-16-6-5-8-23(2)14-18-20(21-24(16,23)30-21)17(22(28)29-18)15-26-10-12-27(13-11-26)19-7-3-4-9-25-19/h3-4,7,9,16-18,20-21H,5-6,8,10-15H2,1-2H3/p+2/t16-,17+,18+,20+,21-,23+,24-/m0/s1. The molecule has 1 aromatic heterocycles. The van der Waals surface area contributed by atoms with E-state index in [9.17, 15) is 4.79 Å². The molecule has 0 unspecified atom stereocenters. The van der Waals surface area contributed by atoms with E-state index in [0.717, 1.165) is 39.1 Å². The van der Waals surface area contributed by atoms with Crippen LogP contribution in [0.15, 0.2) is 24.4 Å². The summed E-state index contributed by atoms with van der Waals surface area (Å²) < 4.78 is 12.6. The van der Waals surface area contributed by atoms with Crippen molar-refractivity contribution >= 4 is 11.8 Å². The molecule has 0 bridgehead atoms. The fourth-order valence-electron chi connectivity index (χ4n) is 7.63. The number of fused-ring (bicyclic) bond motifs is 2. The molecule has 162 valence electrons. The minimum atomic E-state index is 0.00268. The number of quaternary nitrogens is 1. The van der Waals surface area contributed by atoms with E-state index in [2.05, 4.69) is 35.9 Å². The van der Waals surface area contributed by atoms with Crippen LogP contribution in [0.25, 0.3) is 0 Å². The number of carbonyl (C=O) groups excluding carboxylic acids is 1. The number of nitrogens with zero attached hydrogens (tertiary/aromatic N) is 1. The molecule has 0 aromatic carbocycles. The number of aromatic amines is 1. The monoisotopic (exact) mass is 413 g/mol. The van der Waals surface area contributed by atoms with Crippen LogP contribution in [0.5, 0.6) is 0 Å². The summed E-state index contributed by atoms with van der Waals surface area (Å²) in [5.74, 6) is 2.08. The van der Waals surface area contributed by atoms with Crippen molar-refractivity contribution in [3.8, 4) is 0 Å². The van der Waals surface area contributed by atoms with Crippen LogP contribution in [0.3, 0.4) is 0 Å². The molecule has 3 saturated heterocycles. The van der Waals surface area contributed by atoms with Gasteiger partial charge in [0, 0.05) is 17.4 Å². The third kappa shape index (κ3) is 2.62. The SMILES string of the molecule is C[C@H]1CCC[C@]2(C)C[C@H]3OC(=O)[C@H](C[NH+]4CCN(c5cccc[nH+]5)CC4)[C@H]3[C@@H]3O[C@@]132. The Morgan fingerprint density at radius 1 is 1.30 bits per heavy atom. The van der Waals surface area contributed by atoms with Crippen LogP contribution < -0.4 is 14.8 Å². The number of anilines is 1. The lowest BCUT2D eigenvalue weighted by Crippen LogP contribution is -3.15. The van der Waals surface area contributed by atoms with E-state index in [4.69, 9.17) is 9.47 Å². The van der Waals surface area contributed by atoms with Crippen LogP contribution in [0.4, 0.5) is 5.82 Å². The zero-order valence-corrected chi connectivity index (χ0v) is 18.2. The summed E-state index contributed by atoms with van der Waals surface area (Å²) in [5.41, 5.74) is 0.187. The summed E-state index contributed by atoms with van der Waals surface area (Å²) in [6.07, 6.45) is 7.02. The van der Waals surface area contributed by atoms with E-state index in [1.54, 1.807) is 0 Å². The smallest absolute Gasteiger partial charge is 0.315 e. The Labute approximate surface area is 178 Å². The first-order valence-electron chi connectivity index (χ1n) is 12.0. The van der Waals surface area contributed by atoms with Crippen molar-refractivity contribution in [2.24, 2.45) is 23.2 Å². The van der Waals surface area contributed by atoms with Crippen molar-refractivity contribution in [2.45, 2.75) is 57.3 Å². The maximum absolute atomic E-state index is 12.9. The van der Waals surface area contributed by atoms with Crippen LogP contribution in [0.2, 0.25) is 0 Å². The summed E-state index contributed by atoms with van der Waals surface area (Å²) in [6.45, 7) is 9.83. The highest BCUT2D eigenvalue weighted by molar-refractivity contribution is 5.76. The first-order valence-corrected chi connectivity index (χ1v) is 12.0. The number of epoxide rings is 1. The van der Waals surface area contributed by atoms with Gasteiger partial charge in [0.15, 0.2) is 0 Å². The number of aromatic nitrogens is 1. The van der Waals surface area contributed by atoms with Crippen molar-refractivity contribution in [1.29, 1.82) is 0 Å². The molecule has 30 heavy (non-hydrogen) atoms. The molecule has 0 radical (unpaired) electrons. The van der Waals surface area contributed by atoms with Gasteiger partial charge in [0.1, 0.15) is 43.8 Å². The number of hydrogen-bond donors (Lipinski definition) is 1. The Morgan fingerprint density at radius 2 is 2.13 bits per heavy atom. The molecule has 6 heteroatoms. The summed E-state index contributed by atoms with van der Waals surface area (Å²) in [7, 11) is 0. The van der Waals surface area contributed by atoms with E-state index >= 15 is 0 Å². The predicted molar refractivity (Wildman–Crippen MR) is 111 cm³/mol. The Kier molecular flexibility index (Phi) is 4.24. The van der Waals surface area contributed by atoms with Crippen LogP contribution >= 0.6 is 0 Å². The molecule has 2 aliphatic carbocycles. The van der Waals surface area contributed by atoms with Gasteiger partial charge in [-0.1, -0.05) is 26.3 Å². The van der Waals surface area contributed by atoms with E-state index in [-0.39, 0.29) is 41.0 Å². The fourth-order valence-corrected chi connectivity index (χ4v) is 7.63. The van der Waals surface area contributed by atoms with Gasteiger partial charge in [-0.25, -0.2) is 4.98 Å². The van der Waals surface area contributed by atoms with E-state index in [1.165, 1.54) is 30.0 Å². The molecule has 1 aromatic rings. The molecule has 6 rings (SSSR count). The second-order valence-electron chi connectivity index (χ2n) is 10.7. The Bertz CT molecular complexity index is 826. The average molecular weight is 414 g/mol. The van der Waals surface area contributed by atoms with Gasteiger partial charge in [0.2, 0.25) is 0 Å². The van der Waals surface area contributed by atoms with Gasteiger partial charge in [0.05, 0.1) is 18.8 Å². The molecule has 6 nitrogen and oxygen atoms in total. The van der Waals surface area contributed by atoms with Crippen LogP contribution in [0.1, 0.15) is 39.5 Å². The molecule has 5 fully saturated rings. The molecule has 2 saturated carbocycles. The van der Waals surface area contributed by atoms with E-state index < -0.39 is 0 Å². The number of hydrogen-bond acceptors (Lipinski definition) is 4. The Balaban J connectivity index is 1.15. The highest BCUT2D eigenvalue weighted by atomic mass is 16.6. The summed E-state index contributed by atoms with van der Waals surface area (Å²) in [5, 5.41) is 0. The lowest BCUT2D eigenvalue weighted by atomic mass is 9.53. The number of ether oxygens (including phenoxy) is 2. The number of carbonyl (C=O) groups is 1. The van der Waals surface area contributed by atoms with E-state index in [1.807, 2.05) is 12.3 Å². The van der Waals surface area contributed by atoms with Crippen molar-refractivity contribution in [3.05, 3.63) is 24.4 Å². The molecule has 2 N–H and O–H groups in total. The normalized spacial score (nSPS) is 45.3. The van der Waals surface area contributed by atoms with Crippen LogP contribution in [-0.4, -0.2) is 56.5 Å². The van der Waals surface area contributed by atoms with Crippen LogP contribution in [0, 0.1) is 23.2 Å². The second-order valence-corrected chi connectivity index (χ2v) is 10.7. The fraction of sp³-hybridized carbons (Fsp3) is 0.750. The molecule has 7 atom stereocenters. The lowest BCUT2D eigenvalue weighted by Gasteiger charge is -2.48. The van der Waals surface area contributed by atoms with Crippen molar-refractivity contribution < 1.29 is 24.2 Å².